The zero-order valence-corrected chi connectivity index (χ0v) is 21.4. The van der Waals surface area contributed by atoms with E-state index in [-0.39, 0.29) is 11.6 Å². The quantitative estimate of drug-likeness (QED) is 0.358. The van der Waals surface area contributed by atoms with Crippen molar-refractivity contribution in [2.24, 2.45) is 0 Å². The van der Waals surface area contributed by atoms with Crippen LogP contribution in [-0.4, -0.2) is 47.8 Å². The summed E-state index contributed by atoms with van der Waals surface area (Å²) in [6.45, 7) is 13.6. The number of anilines is 1. The van der Waals surface area contributed by atoms with Gasteiger partial charge in [0.05, 0.1) is 24.5 Å². The Hall–Kier alpha value is -2.69. The second-order valence-electron chi connectivity index (χ2n) is 10.6. The molecule has 0 saturated carbocycles. The summed E-state index contributed by atoms with van der Waals surface area (Å²) in [6, 6.07) is 11.6. The van der Waals surface area contributed by atoms with Gasteiger partial charge in [-0.25, -0.2) is 13.9 Å². The highest BCUT2D eigenvalue weighted by Crippen LogP contribution is 2.41. The fraction of sp³-hybridized carbons (Fsp3) is 0.462. The Kier molecular flexibility index (Phi) is 5.88. The molecule has 1 saturated heterocycles. The van der Waals surface area contributed by atoms with Crippen molar-refractivity contribution in [3.63, 3.8) is 0 Å². The fourth-order valence-electron chi connectivity index (χ4n) is 4.05. The van der Waals surface area contributed by atoms with Crippen LogP contribution in [-0.2, 0) is 4.43 Å². The molecule has 7 heteroatoms. The average molecular weight is 465 g/mol. The van der Waals surface area contributed by atoms with Crippen LogP contribution in [0.4, 0.5) is 10.2 Å². The lowest BCUT2D eigenvalue weighted by molar-refractivity contribution is 0.0273. The molecule has 0 amide bonds. The van der Waals surface area contributed by atoms with Gasteiger partial charge in [-0.3, -0.25) is 0 Å². The molecule has 0 bridgehead atoms. The molecule has 0 radical (unpaired) electrons. The topological polar surface area (TPSA) is 42.7 Å². The number of rotatable bonds is 5. The van der Waals surface area contributed by atoms with Crippen molar-refractivity contribution in [3.8, 4) is 23.6 Å². The molecule has 3 aromatic rings. The standard InChI is InChI=1S/C26H33FN4OSi/c1-8-20-10-9-11-21(16-20)22-17-28-23-12-13-24(29-31(22)23)30-15-14-26(27,18-30)19(2)32-33(6,7)25(3,4)5/h1,9-13,16-17,19H,14-15,18H2,2-7H3. The molecule has 1 aliphatic heterocycles. The molecular formula is C26H33FN4OSi. The van der Waals surface area contributed by atoms with Crippen LogP contribution in [0.1, 0.15) is 39.7 Å². The molecular weight excluding hydrogens is 431 g/mol. The van der Waals surface area contributed by atoms with Crippen LogP contribution in [0, 0.1) is 12.3 Å². The normalized spacial score (nSPS) is 20.2. The first-order valence-electron chi connectivity index (χ1n) is 11.5. The molecule has 1 fully saturated rings. The summed E-state index contributed by atoms with van der Waals surface area (Å²) in [7, 11) is -2.06. The summed E-state index contributed by atoms with van der Waals surface area (Å²) < 4.78 is 24.3. The molecule has 2 aromatic heterocycles. The number of benzene rings is 1. The lowest BCUT2D eigenvalue weighted by Crippen LogP contribution is -2.50. The van der Waals surface area contributed by atoms with Gasteiger partial charge in [0.1, 0.15) is 5.82 Å². The molecule has 0 spiro atoms. The van der Waals surface area contributed by atoms with Crippen molar-refractivity contribution >= 4 is 19.8 Å². The maximum atomic E-state index is 16.0. The zero-order chi connectivity index (χ0) is 24.0. The van der Waals surface area contributed by atoms with E-state index in [0.29, 0.717) is 13.0 Å². The van der Waals surface area contributed by atoms with Gasteiger partial charge in [0.15, 0.2) is 19.6 Å². The van der Waals surface area contributed by atoms with Crippen molar-refractivity contribution in [1.82, 2.24) is 14.6 Å². The number of aromatic nitrogens is 3. The van der Waals surface area contributed by atoms with Gasteiger partial charge >= 0.3 is 0 Å². The lowest BCUT2D eigenvalue weighted by atomic mass is 10.00. The van der Waals surface area contributed by atoms with E-state index >= 15 is 4.39 Å². The van der Waals surface area contributed by atoms with E-state index in [1.807, 2.05) is 48.2 Å². The Morgan fingerprint density at radius 3 is 2.70 bits per heavy atom. The van der Waals surface area contributed by atoms with Gasteiger partial charge in [0, 0.05) is 24.1 Å². The van der Waals surface area contributed by atoms with E-state index in [1.165, 1.54) is 0 Å². The third-order valence-corrected chi connectivity index (χ3v) is 11.8. The van der Waals surface area contributed by atoms with Gasteiger partial charge in [0.25, 0.3) is 0 Å². The smallest absolute Gasteiger partial charge is 0.192 e. The highest BCUT2D eigenvalue weighted by atomic mass is 28.4. The molecule has 3 heterocycles. The molecule has 174 valence electrons. The average Bonchev–Trinajstić information content (AvgIpc) is 3.37. The molecule has 2 unspecified atom stereocenters. The van der Waals surface area contributed by atoms with E-state index in [2.05, 4.69) is 44.8 Å². The van der Waals surface area contributed by atoms with Gasteiger partial charge < -0.3 is 9.33 Å². The van der Waals surface area contributed by atoms with Crippen molar-refractivity contribution in [2.75, 3.05) is 18.0 Å². The van der Waals surface area contributed by atoms with Crippen molar-refractivity contribution in [2.45, 2.75) is 64.0 Å². The Morgan fingerprint density at radius 1 is 1.24 bits per heavy atom. The van der Waals surface area contributed by atoms with Crippen molar-refractivity contribution < 1.29 is 8.82 Å². The van der Waals surface area contributed by atoms with Gasteiger partial charge in [-0.1, -0.05) is 38.8 Å². The summed E-state index contributed by atoms with van der Waals surface area (Å²) in [5.74, 6) is 3.40. The number of halogens is 1. The Labute approximate surface area is 197 Å². The van der Waals surface area contributed by atoms with Gasteiger partial charge in [-0.15, -0.1) is 11.5 Å². The maximum Gasteiger partial charge on any atom is 0.192 e. The van der Waals surface area contributed by atoms with Crippen LogP contribution in [0.3, 0.4) is 0 Å². The second kappa shape index (κ2) is 8.26. The molecule has 0 aliphatic carbocycles. The van der Waals surface area contributed by atoms with Crippen LogP contribution in [0.5, 0.6) is 0 Å². The first-order chi connectivity index (χ1) is 15.4. The molecule has 1 aliphatic rings. The van der Waals surface area contributed by atoms with E-state index in [4.69, 9.17) is 15.9 Å². The van der Waals surface area contributed by atoms with E-state index in [0.717, 1.165) is 28.3 Å². The monoisotopic (exact) mass is 464 g/mol. The minimum Gasteiger partial charge on any atom is -0.411 e. The third-order valence-electron chi connectivity index (χ3n) is 7.25. The first-order valence-corrected chi connectivity index (χ1v) is 14.4. The Balaban J connectivity index is 1.58. The van der Waals surface area contributed by atoms with Crippen LogP contribution >= 0.6 is 0 Å². The number of alkyl halides is 1. The molecule has 0 N–H and O–H groups in total. The van der Waals surface area contributed by atoms with E-state index < -0.39 is 20.1 Å². The number of hydrogen-bond acceptors (Lipinski definition) is 4. The zero-order valence-electron chi connectivity index (χ0n) is 20.4. The number of terminal acetylenes is 1. The molecule has 1 aromatic carbocycles. The SMILES string of the molecule is C#Cc1cccc(-c2cnc3ccc(N4CCC(F)(C(C)O[Si](C)(C)C(C)(C)C)C4)nn23)c1. The summed E-state index contributed by atoms with van der Waals surface area (Å²) in [6.07, 6.45) is 7.31. The van der Waals surface area contributed by atoms with Crippen molar-refractivity contribution in [1.29, 1.82) is 0 Å². The lowest BCUT2D eigenvalue weighted by Gasteiger charge is -2.41. The van der Waals surface area contributed by atoms with Crippen molar-refractivity contribution in [3.05, 3.63) is 48.2 Å². The number of hydrogen-bond donors (Lipinski definition) is 0. The van der Waals surface area contributed by atoms with Crippen LogP contribution in [0.15, 0.2) is 42.6 Å². The van der Waals surface area contributed by atoms with E-state index in [9.17, 15) is 0 Å². The first kappa shape index (κ1) is 23.5. The second-order valence-corrected chi connectivity index (χ2v) is 15.3. The minimum atomic E-state index is -2.06. The number of fused-ring (bicyclic) bond motifs is 1. The van der Waals surface area contributed by atoms with Crippen LogP contribution < -0.4 is 4.90 Å². The Bertz CT molecular complexity index is 1210. The summed E-state index contributed by atoms with van der Waals surface area (Å²) in [5, 5.41) is 4.86. The predicted molar refractivity (Wildman–Crippen MR) is 135 cm³/mol. The largest absolute Gasteiger partial charge is 0.411 e. The predicted octanol–water partition coefficient (Wildman–Crippen LogP) is 5.71. The summed E-state index contributed by atoms with van der Waals surface area (Å²) >= 11 is 0. The van der Waals surface area contributed by atoms with Gasteiger partial charge in [0.2, 0.25) is 0 Å². The summed E-state index contributed by atoms with van der Waals surface area (Å²) in [5.41, 5.74) is 1.92. The number of nitrogens with zero attached hydrogens (tertiary/aromatic N) is 4. The third kappa shape index (κ3) is 4.42. The van der Waals surface area contributed by atoms with Crippen LogP contribution in [0.2, 0.25) is 18.1 Å². The van der Waals surface area contributed by atoms with Crippen LogP contribution in [0.25, 0.3) is 16.9 Å². The number of imidazole rings is 1. The molecule has 2 atom stereocenters. The highest BCUT2D eigenvalue weighted by Gasteiger charge is 2.48. The summed E-state index contributed by atoms with van der Waals surface area (Å²) in [4.78, 5) is 6.49. The highest BCUT2D eigenvalue weighted by molar-refractivity contribution is 6.74. The molecule has 5 nitrogen and oxygen atoms in total. The minimum absolute atomic E-state index is 0.0387. The van der Waals surface area contributed by atoms with Gasteiger partial charge in [-0.05, 0) is 49.3 Å². The Morgan fingerprint density at radius 2 is 2.00 bits per heavy atom. The maximum absolute atomic E-state index is 16.0. The molecule has 33 heavy (non-hydrogen) atoms. The fourth-order valence-corrected chi connectivity index (χ4v) is 5.49. The van der Waals surface area contributed by atoms with E-state index in [1.54, 1.807) is 10.7 Å². The molecule has 4 rings (SSSR count). The van der Waals surface area contributed by atoms with Gasteiger partial charge in [-0.2, -0.15) is 0 Å².